The van der Waals surface area contributed by atoms with E-state index in [1.54, 1.807) is 37.3 Å². The van der Waals surface area contributed by atoms with Crippen LogP contribution in [0, 0.1) is 0 Å². The first-order valence-corrected chi connectivity index (χ1v) is 7.11. The van der Waals surface area contributed by atoms with Crippen LogP contribution in [0.4, 0.5) is 5.69 Å². The van der Waals surface area contributed by atoms with Crippen molar-refractivity contribution in [3.8, 4) is 17.2 Å². The van der Waals surface area contributed by atoms with E-state index in [1.807, 2.05) is 19.1 Å². The molecule has 0 saturated heterocycles. The summed E-state index contributed by atoms with van der Waals surface area (Å²) in [6.07, 6.45) is 0. The van der Waals surface area contributed by atoms with Crippen LogP contribution in [0.25, 0.3) is 0 Å². The second-order valence-corrected chi connectivity index (χ2v) is 4.48. The van der Waals surface area contributed by atoms with Crippen LogP contribution in [-0.2, 0) is 4.74 Å². The third kappa shape index (κ3) is 3.91. The van der Waals surface area contributed by atoms with E-state index in [4.69, 9.17) is 19.9 Å². The summed E-state index contributed by atoms with van der Waals surface area (Å²) in [7, 11) is 0. The van der Waals surface area contributed by atoms with E-state index in [9.17, 15) is 4.79 Å². The third-order valence-electron chi connectivity index (χ3n) is 2.88. The minimum Gasteiger partial charge on any atom is -0.494 e. The summed E-state index contributed by atoms with van der Waals surface area (Å²) in [5, 5.41) is 0. The molecule has 0 atom stereocenters. The second kappa shape index (κ2) is 7.36. The Kier molecular flexibility index (Phi) is 5.25. The molecule has 0 unspecified atom stereocenters. The Labute approximate surface area is 129 Å². The van der Waals surface area contributed by atoms with Crippen molar-refractivity contribution >= 4 is 11.7 Å². The molecule has 116 valence electrons. The van der Waals surface area contributed by atoms with Gasteiger partial charge in [0.25, 0.3) is 0 Å². The van der Waals surface area contributed by atoms with E-state index < -0.39 is 5.97 Å². The van der Waals surface area contributed by atoms with Crippen LogP contribution >= 0.6 is 0 Å². The minimum atomic E-state index is -0.401. The van der Waals surface area contributed by atoms with E-state index in [0.29, 0.717) is 36.0 Å². The van der Waals surface area contributed by atoms with E-state index >= 15 is 0 Å². The summed E-state index contributed by atoms with van der Waals surface area (Å²) in [6, 6.07) is 12.1. The van der Waals surface area contributed by atoms with E-state index in [1.165, 1.54) is 0 Å². The number of hydrogen-bond acceptors (Lipinski definition) is 5. The topological polar surface area (TPSA) is 70.8 Å². The standard InChI is InChI=1S/C17H19NO4/c1-3-20-13-6-8-14(9-7-13)22-16-10-5-12(11-15(16)18)17(19)21-4-2/h5-11H,3-4,18H2,1-2H3. The molecule has 2 aromatic rings. The number of anilines is 1. The van der Waals surface area contributed by atoms with Gasteiger partial charge in [-0.1, -0.05) is 0 Å². The lowest BCUT2D eigenvalue weighted by Gasteiger charge is -2.10. The maximum atomic E-state index is 11.6. The fourth-order valence-corrected chi connectivity index (χ4v) is 1.88. The molecule has 0 heterocycles. The smallest absolute Gasteiger partial charge is 0.338 e. The largest absolute Gasteiger partial charge is 0.494 e. The van der Waals surface area contributed by atoms with Crippen LogP contribution in [0.2, 0.25) is 0 Å². The van der Waals surface area contributed by atoms with Gasteiger partial charge in [-0.15, -0.1) is 0 Å². The van der Waals surface area contributed by atoms with Crippen molar-refractivity contribution in [2.24, 2.45) is 0 Å². The molecule has 2 N–H and O–H groups in total. The van der Waals surface area contributed by atoms with Crippen LogP contribution in [0.5, 0.6) is 17.2 Å². The summed E-state index contributed by atoms with van der Waals surface area (Å²) in [5.41, 5.74) is 6.70. The predicted molar refractivity (Wildman–Crippen MR) is 84.5 cm³/mol. The number of benzene rings is 2. The van der Waals surface area contributed by atoms with Gasteiger partial charge in [0.05, 0.1) is 24.5 Å². The fraction of sp³-hybridized carbons (Fsp3) is 0.235. The number of nitrogens with two attached hydrogens (primary N) is 1. The molecule has 0 aromatic heterocycles. The van der Waals surface area contributed by atoms with Crippen molar-refractivity contribution in [2.75, 3.05) is 18.9 Å². The molecule has 5 nitrogen and oxygen atoms in total. The molecular weight excluding hydrogens is 282 g/mol. The zero-order valence-corrected chi connectivity index (χ0v) is 12.7. The van der Waals surface area contributed by atoms with Crippen molar-refractivity contribution in [2.45, 2.75) is 13.8 Å². The molecule has 0 spiro atoms. The third-order valence-corrected chi connectivity index (χ3v) is 2.88. The maximum Gasteiger partial charge on any atom is 0.338 e. The Bertz CT molecular complexity index is 638. The fourth-order valence-electron chi connectivity index (χ4n) is 1.88. The molecule has 0 fully saturated rings. The molecule has 0 bridgehead atoms. The van der Waals surface area contributed by atoms with Gasteiger partial charge in [0.15, 0.2) is 0 Å². The van der Waals surface area contributed by atoms with Gasteiger partial charge >= 0.3 is 5.97 Å². The van der Waals surface area contributed by atoms with Crippen molar-refractivity contribution in [3.63, 3.8) is 0 Å². The number of carbonyl (C=O) groups excluding carboxylic acids is 1. The lowest BCUT2D eigenvalue weighted by molar-refractivity contribution is 0.0526. The number of ether oxygens (including phenoxy) is 3. The Balaban J connectivity index is 2.11. The normalized spacial score (nSPS) is 10.1. The lowest BCUT2D eigenvalue weighted by Crippen LogP contribution is -2.05. The summed E-state index contributed by atoms with van der Waals surface area (Å²) >= 11 is 0. The van der Waals surface area contributed by atoms with E-state index in [0.717, 1.165) is 5.75 Å². The molecule has 22 heavy (non-hydrogen) atoms. The highest BCUT2D eigenvalue weighted by Gasteiger charge is 2.10. The van der Waals surface area contributed by atoms with Gasteiger partial charge in [0.1, 0.15) is 17.2 Å². The summed E-state index contributed by atoms with van der Waals surface area (Å²) in [4.78, 5) is 11.6. The molecule has 5 heteroatoms. The first-order valence-electron chi connectivity index (χ1n) is 7.11. The Morgan fingerprint density at radius 3 is 2.27 bits per heavy atom. The van der Waals surface area contributed by atoms with Crippen molar-refractivity contribution in [1.29, 1.82) is 0 Å². The van der Waals surface area contributed by atoms with Gasteiger partial charge in [-0.3, -0.25) is 0 Å². The molecule has 0 aliphatic heterocycles. The second-order valence-electron chi connectivity index (χ2n) is 4.48. The monoisotopic (exact) mass is 301 g/mol. The Morgan fingerprint density at radius 2 is 1.68 bits per heavy atom. The SMILES string of the molecule is CCOC(=O)c1ccc(Oc2ccc(OCC)cc2)c(N)c1. The summed E-state index contributed by atoms with van der Waals surface area (Å²) < 4.78 is 16.0. The van der Waals surface area contributed by atoms with Crippen LogP contribution in [-0.4, -0.2) is 19.2 Å². The van der Waals surface area contributed by atoms with E-state index in [-0.39, 0.29) is 0 Å². The zero-order valence-electron chi connectivity index (χ0n) is 12.7. The number of hydrogen-bond donors (Lipinski definition) is 1. The van der Waals surface area contributed by atoms with Gasteiger partial charge in [0.2, 0.25) is 0 Å². The molecule has 0 aliphatic carbocycles. The molecule has 2 rings (SSSR count). The quantitative estimate of drug-likeness (QED) is 0.651. The average Bonchev–Trinajstić information content (AvgIpc) is 2.51. The molecule has 2 aromatic carbocycles. The molecule has 0 radical (unpaired) electrons. The van der Waals surface area contributed by atoms with Crippen molar-refractivity contribution < 1.29 is 19.0 Å². The Morgan fingerprint density at radius 1 is 1.00 bits per heavy atom. The van der Waals surface area contributed by atoms with Gasteiger partial charge in [-0.25, -0.2) is 4.79 Å². The van der Waals surface area contributed by atoms with Gasteiger partial charge in [0, 0.05) is 0 Å². The summed E-state index contributed by atoms with van der Waals surface area (Å²) in [5.74, 6) is 1.50. The van der Waals surface area contributed by atoms with Crippen LogP contribution < -0.4 is 15.2 Å². The van der Waals surface area contributed by atoms with Crippen LogP contribution in [0.3, 0.4) is 0 Å². The first kappa shape index (κ1) is 15.7. The number of rotatable bonds is 6. The average molecular weight is 301 g/mol. The highest BCUT2D eigenvalue weighted by atomic mass is 16.5. The highest BCUT2D eigenvalue weighted by Crippen LogP contribution is 2.29. The summed E-state index contributed by atoms with van der Waals surface area (Å²) in [6.45, 7) is 4.62. The van der Waals surface area contributed by atoms with Gasteiger partial charge in [-0.2, -0.15) is 0 Å². The molecule has 0 aliphatic rings. The number of carbonyl (C=O) groups is 1. The number of nitrogen functional groups attached to an aromatic ring is 1. The highest BCUT2D eigenvalue weighted by molar-refractivity contribution is 5.91. The van der Waals surface area contributed by atoms with Crippen molar-refractivity contribution in [3.05, 3.63) is 48.0 Å². The maximum absolute atomic E-state index is 11.6. The molecular formula is C17H19NO4. The number of esters is 1. The minimum absolute atomic E-state index is 0.323. The van der Waals surface area contributed by atoms with Crippen molar-refractivity contribution in [1.82, 2.24) is 0 Å². The van der Waals surface area contributed by atoms with Gasteiger partial charge in [-0.05, 0) is 56.3 Å². The van der Waals surface area contributed by atoms with Crippen LogP contribution in [0.15, 0.2) is 42.5 Å². The van der Waals surface area contributed by atoms with E-state index in [2.05, 4.69) is 0 Å². The lowest BCUT2D eigenvalue weighted by atomic mass is 10.2. The Hall–Kier alpha value is -2.69. The zero-order chi connectivity index (χ0) is 15.9. The van der Waals surface area contributed by atoms with Crippen LogP contribution in [0.1, 0.15) is 24.2 Å². The first-order chi connectivity index (χ1) is 10.6. The predicted octanol–water partition coefficient (Wildman–Crippen LogP) is 3.64. The molecule has 0 amide bonds. The van der Waals surface area contributed by atoms with Gasteiger partial charge < -0.3 is 19.9 Å². The molecule has 0 saturated carbocycles.